The number of carbonyl (C=O) groups excluding carboxylic acids is 1. The van der Waals surface area contributed by atoms with Crippen molar-refractivity contribution in [1.29, 1.82) is 0 Å². The molecule has 0 atom stereocenters. The molecule has 1 aliphatic rings. The highest BCUT2D eigenvalue weighted by molar-refractivity contribution is 7.89. The predicted octanol–water partition coefficient (Wildman–Crippen LogP) is -0.554. The minimum Gasteiger partial charge on any atom is -0.338 e. The van der Waals surface area contributed by atoms with Gasteiger partial charge in [0.15, 0.2) is 0 Å². The van der Waals surface area contributed by atoms with Gasteiger partial charge in [-0.25, -0.2) is 13.2 Å². The third-order valence-corrected chi connectivity index (χ3v) is 4.83. The van der Waals surface area contributed by atoms with Crippen LogP contribution in [0.3, 0.4) is 0 Å². The standard InChI is InChI=1S/C10H17N5O3S/c1-2-11-10(16)14-3-5-15(6-4-14)19(17,18)9-7-12-13-8-9/h7-8H,2-6H2,1H3,(H,11,16)(H,12,13). The maximum absolute atomic E-state index is 12.2. The van der Waals surface area contributed by atoms with Gasteiger partial charge in [-0.2, -0.15) is 9.40 Å². The molecular formula is C10H17N5O3S. The van der Waals surface area contributed by atoms with Gasteiger partial charge in [0.1, 0.15) is 4.90 Å². The SMILES string of the molecule is CCNC(=O)N1CCN(S(=O)(=O)c2cn[nH]c2)CC1. The lowest BCUT2D eigenvalue weighted by atomic mass is 10.4. The van der Waals surface area contributed by atoms with Crippen LogP contribution in [0.15, 0.2) is 17.3 Å². The molecule has 0 spiro atoms. The van der Waals surface area contributed by atoms with Crippen LogP contribution in [0.5, 0.6) is 0 Å². The van der Waals surface area contributed by atoms with Crippen LogP contribution in [0.4, 0.5) is 4.79 Å². The van der Waals surface area contributed by atoms with Gasteiger partial charge in [0.2, 0.25) is 10.0 Å². The van der Waals surface area contributed by atoms with Gasteiger partial charge in [0.05, 0.1) is 6.20 Å². The van der Waals surface area contributed by atoms with E-state index in [0.717, 1.165) is 0 Å². The normalized spacial score (nSPS) is 17.4. The van der Waals surface area contributed by atoms with Crippen molar-refractivity contribution in [2.45, 2.75) is 11.8 Å². The maximum Gasteiger partial charge on any atom is 0.317 e. The molecule has 0 bridgehead atoms. The Hall–Kier alpha value is -1.61. The minimum absolute atomic E-state index is 0.150. The van der Waals surface area contributed by atoms with Gasteiger partial charge in [-0.3, -0.25) is 5.10 Å². The number of hydrogen-bond donors (Lipinski definition) is 2. The van der Waals surface area contributed by atoms with Gasteiger partial charge < -0.3 is 10.2 Å². The summed E-state index contributed by atoms with van der Waals surface area (Å²) >= 11 is 0. The third kappa shape index (κ3) is 2.87. The van der Waals surface area contributed by atoms with E-state index in [1.54, 1.807) is 4.90 Å². The molecule has 0 saturated carbocycles. The second kappa shape index (κ2) is 5.57. The van der Waals surface area contributed by atoms with Crippen LogP contribution in [0.1, 0.15) is 6.92 Å². The second-order valence-corrected chi connectivity index (χ2v) is 6.10. The van der Waals surface area contributed by atoms with Gasteiger partial charge >= 0.3 is 6.03 Å². The first kappa shape index (κ1) is 13.8. The third-order valence-electron chi connectivity index (χ3n) is 2.96. The fourth-order valence-electron chi connectivity index (χ4n) is 1.92. The van der Waals surface area contributed by atoms with E-state index >= 15 is 0 Å². The Kier molecular flexibility index (Phi) is 4.05. The van der Waals surface area contributed by atoms with Crippen LogP contribution in [-0.4, -0.2) is 66.6 Å². The lowest BCUT2D eigenvalue weighted by Crippen LogP contribution is -2.53. The molecule has 1 saturated heterocycles. The summed E-state index contributed by atoms with van der Waals surface area (Å²) in [7, 11) is -3.50. The van der Waals surface area contributed by atoms with Crippen molar-refractivity contribution >= 4 is 16.1 Å². The number of H-pyrrole nitrogens is 1. The Bertz CT molecular complexity index is 519. The van der Waals surface area contributed by atoms with Crippen molar-refractivity contribution in [3.05, 3.63) is 12.4 Å². The minimum atomic E-state index is -3.50. The number of amides is 2. The van der Waals surface area contributed by atoms with Crippen molar-refractivity contribution in [2.24, 2.45) is 0 Å². The fourth-order valence-corrected chi connectivity index (χ4v) is 3.25. The molecule has 1 fully saturated rings. The van der Waals surface area contributed by atoms with Crippen LogP contribution < -0.4 is 5.32 Å². The Morgan fingerprint density at radius 3 is 2.63 bits per heavy atom. The number of aromatic nitrogens is 2. The summed E-state index contributed by atoms with van der Waals surface area (Å²) in [4.78, 5) is 13.4. The van der Waals surface area contributed by atoms with E-state index in [0.29, 0.717) is 32.7 Å². The first-order chi connectivity index (χ1) is 9.05. The zero-order valence-corrected chi connectivity index (χ0v) is 11.5. The molecule has 1 aliphatic heterocycles. The summed E-state index contributed by atoms with van der Waals surface area (Å²) in [5.74, 6) is 0. The van der Waals surface area contributed by atoms with Gasteiger partial charge in [0.25, 0.3) is 0 Å². The van der Waals surface area contributed by atoms with Gasteiger partial charge in [-0.05, 0) is 6.92 Å². The predicted molar refractivity (Wildman–Crippen MR) is 68.0 cm³/mol. The summed E-state index contributed by atoms with van der Waals surface area (Å²) in [6, 6.07) is -0.150. The number of hydrogen-bond acceptors (Lipinski definition) is 4. The number of aromatic amines is 1. The zero-order chi connectivity index (χ0) is 13.9. The molecule has 0 unspecified atom stereocenters. The Labute approximate surface area is 111 Å². The maximum atomic E-state index is 12.2. The largest absolute Gasteiger partial charge is 0.338 e. The van der Waals surface area contributed by atoms with Crippen LogP contribution in [0, 0.1) is 0 Å². The number of rotatable bonds is 3. The van der Waals surface area contributed by atoms with Crippen LogP contribution in [0.2, 0.25) is 0 Å². The summed E-state index contributed by atoms with van der Waals surface area (Å²) in [6.07, 6.45) is 2.64. The highest BCUT2D eigenvalue weighted by atomic mass is 32.2. The van der Waals surface area contributed by atoms with Crippen molar-refractivity contribution in [2.75, 3.05) is 32.7 Å². The number of carbonyl (C=O) groups is 1. The number of sulfonamides is 1. The number of piperazine rings is 1. The highest BCUT2D eigenvalue weighted by Crippen LogP contribution is 2.15. The molecule has 19 heavy (non-hydrogen) atoms. The Morgan fingerprint density at radius 2 is 2.11 bits per heavy atom. The zero-order valence-electron chi connectivity index (χ0n) is 10.7. The number of nitrogens with zero attached hydrogens (tertiary/aromatic N) is 3. The molecular weight excluding hydrogens is 270 g/mol. The molecule has 8 nitrogen and oxygen atoms in total. The smallest absolute Gasteiger partial charge is 0.317 e. The van der Waals surface area contributed by atoms with Gasteiger partial charge in [0, 0.05) is 38.9 Å². The molecule has 2 amide bonds. The summed E-state index contributed by atoms with van der Waals surface area (Å²) < 4.78 is 25.8. The Balaban J connectivity index is 1.99. The van der Waals surface area contributed by atoms with Crippen LogP contribution in [0.25, 0.3) is 0 Å². The lowest BCUT2D eigenvalue weighted by Gasteiger charge is -2.33. The highest BCUT2D eigenvalue weighted by Gasteiger charge is 2.30. The number of urea groups is 1. The van der Waals surface area contributed by atoms with Crippen molar-refractivity contribution in [1.82, 2.24) is 24.7 Å². The monoisotopic (exact) mass is 287 g/mol. The summed E-state index contributed by atoms with van der Waals surface area (Å²) in [5.41, 5.74) is 0. The average molecular weight is 287 g/mol. The van der Waals surface area contributed by atoms with Crippen LogP contribution >= 0.6 is 0 Å². The van der Waals surface area contributed by atoms with E-state index in [9.17, 15) is 13.2 Å². The van der Waals surface area contributed by atoms with Gasteiger partial charge in [-0.1, -0.05) is 0 Å². The lowest BCUT2D eigenvalue weighted by molar-refractivity contribution is 0.173. The molecule has 0 radical (unpaired) electrons. The first-order valence-electron chi connectivity index (χ1n) is 6.07. The summed E-state index contributed by atoms with van der Waals surface area (Å²) in [5, 5.41) is 8.83. The quantitative estimate of drug-likeness (QED) is 0.779. The molecule has 1 aromatic rings. The molecule has 2 rings (SSSR count). The molecule has 9 heteroatoms. The van der Waals surface area contributed by atoms with E-state index in [1.165, 1.54) is 16.7 Å². The van der Waals surface area contributed by atoms with E-state index < -0.39 is 10.0 Å². The molecule has 0 aliphatic carbocycles. The van der Waals surface area contributed by atoms with E-state index in [4.69, 9.17) is 0 Å². The van der Waals surface area contributed by atoms with E-state index in [-0.39, 0.29) is 10.9 Å². The first-order valence-corrected chi connectivity index (χ1v) is 7.51. The summed E-state index contributed by atoms with van der Waals surface area (Å²) in [6.45, 7) is 3.78. The average Bonchev–Trinajstić information content (AvgIpc) is 2.94. The molecule has 0 aromatic carbocycles. The molecule has 1 aromatic heterocycles. The number of nitrogens with one attached hydrogen (secondary N) is 2. The van der Waals surface area contributed by atoms with Crippen molar-refractivity contribution < 1.29 is 13.2 Å². The molecule has 2 N–H and O–H groups in total. The second-order valence-electron chi connectivity index (χ2n) is 4.16. The Morgan fingerprint density at radius 1 is 1.42 bits per heavy atom. The van der Waals surface area contributed by atoms with Crippen LogP contribution in [-0.2, 0) is 10.0 Å². The molecule has 2 heterocycles. The van der Waals surface area contributed by atoms with E-state index in [1.807, 2.05) is 6.92 Å². The molecule has 106 valence electrons. The van der Waals surface area contributed by atoms with Crippen molar-refractivity contribution in [3.63, 3.8) is 0 Å². The topological polar surface area (TPSA) is 98.4 Å². The van der Waals surface area contributed by atoms with Gasteiger partial charge in [-0.15, -0.1) is 0 Å². The van der Waals surface area contributed by atoms with E-state index in [2.05, 4.69) is 15.5 Å². The van der Waals surface area contributed by atoms with Crippen molar-refractivity contribution in [3.8, 4) is 0 Å². The fraction of sp³-hybridized carbons (Fsp3) is 0.600.